The Hall–Kier alpha value is -1.95. The largest absolute Gasteiger partial charge is 0.338 e. The average molecular weight is 392 g/mol. The maximum Gasteiger partial charge on any atom is 0.277 e. The van der Waals surface area contributed by atoms with Gasteiger partial charge >= 0.3 is 0 Å². The SMILES string of the molecule is N#Cc1ccccc1S(=O)(=O)N1CC[NH+](CC(=O)N2CCCCCC2)CC1. The minimum absolute atomic E-state index is 0.0663. The second kappa shape index (κ2) is 8.83. The van der Waals surface area contributed by atoms with Gasteiger partial charge in [-0.2, -0.15) is 9.57 Å². The number of piperazine rings is 1. The monoisotopic (exact) mass is 391 g/mol. The van der Waals surface area contributed by atoms with E-state index in [0.717, 1.165) is 30.8 Å². The number of nitriles is 1. The number of amides is 1. The summed E-state index contributed by atoms with van der Waals surface area (Å²) < 4.78 is 27.2. The molecule has 8 heteroatoms. The van der Waals surface area contributed by atoms with Gasteiger partial charge in [-0.25, -0.2) is 8.42 Å². The highest BCUT2D eigenvalue weighted by atomic mass is 32.2. The highest BCUT2D eigenvalue weighted by Crippen LogP contribution is 2.19. The molecule has 2 fully saturated rings. The third-order valence-corrected chi connectivity index (χ3v) is 7.37. The van der Waals surface area contributed by atoms with Gasteiger partial charge in [-0.05, 0) is 25.0 Å². The molecule has 3 rings (SSSR count). The Kier molecular flexibility index (Phi) is 6.47. The molecule has 0 atom stereocenters. The number of carbonyl (C=O) groups excluding carboxylic acids is 1. The Balaban J connectivity index is 1.58. The fourth-order valence-corrected chi connectivity index (χ4v) is 5.37. The maximum atomic E-state index is 12.9. The van der Waals surface area contributed by atoms with Crippen LogP contribution in [0, 0.1) is 11.3 Å². The van der Waals surface area contributed by atoms with Crippen molar-refractivity contribution in [1.29, 1.82) is 5.26 Å². The van der Waals surface area contributed by atoms with E-state index >= 15 is 0 Å². The van der Waals surface area contributed by atoms with Crippen LogP contribution in [0.4, 0.5) is 0 Å². The first kappa shape index (κ1) is 19.8. The van der Waals surface area contributed by atoms with Gasteiger partial charge in [0.2, 0.25) is 10.0 Å². The first-order valence-electron chi connectivity index (χ1n) is 9.63. The van der Waals surface area contributed by atoms with Crippen LogP contribution < -0.4 is 4.90 Å². The van der Waals surface area contributed by atoms with Crippen LogP contribution in [-0.4, -0.2) is 69.3 Å². The van der Waals surface area contributed by atoms with Crippen molar-refractivity contribution in [2.24, 2.45) is 0 Å². The number of rotatable bonds is 4. The van der Waals surface area contributed by atoms with Crippen LogP contribution in [0.3, 0.4) is 0 Å². The number of hydrogen-bond acceptors (Lipinski definition) is 4. The summed E-state index contributed by atoms with van der Waals surface area (Å²) in [5.74, 6) is 0.179. The molecule has 7 nitrogen and oxygen atoms in total. The zero-order chi connectivity index (χ0) is 19.3. The zero-order valence-corrected chi connectivity index (χ0v) is 16.4. The molecule has 2 aliphatic heterocycles. The summed E-state index contributed by atoms with van der Waals surface area (Å²) in [5, 5.41) is 9.19. The van der Waals surface area contributed by atoms with Gasteiger partial charge in [0.05, 0.1) is 36.6 Å². The lowest BCUT2D eigenvalue weighted by Crippen LogP contribution is -3.15. The number of quaternary nitrogens is 1. The molecule has 0 bridgehead atoms. The predicted octanol–water partition coefficient (Wildman–Crippen LogP) is -0.150. The molecule has 0 radical (unpaired) electrons. The molecule has 0 spiro atoms. The highest BCUT2D eigenvalue weighted by molar-refractivity contribution is 7.89. The van der Waals surface area contributed by atoms with Crippen molar-refractivity contribution in [2.75, 3.05) is 45.8 Å². The fraction of sp³-hybridized carbons (Fsp3) is 0.579. The van der Waals surface area contributed by atoms with Gasteiger partial charge in [0.15, 0.2) is 6.54 Å². The zero-order valence-electron chi connectivity index (χ0n) is 15.6. The molecule has 0 saturated carbocycles. The normalized spacial score (nSPS) is 20.0. The van der Waals surface area contributed by atoms with Crippen LogP contribution in [0.15, 0.2) is 29.2 Å². The molecule has 1 N–H and O–H groups in total. The van der Waals surface area contributed by atoms with E-state index in [9.17, 15) is 18.5 Å². The molecule has 0 aliphatic carbocycles. The van der Waals surface area contributed by atoms with Crippen molar-refractivity contribution < 1.29 is 18.1 Å². The van der Waals surface area contributed by atoms with E-state index in [1.165, 1.54) is 29.3 Å². The lowest BCUT2D eigenvalue weighted by atomic mass is 10.2. The Bertz CT molecular complexity index is 802. The van der Waals surface area contributed by atoms with Crippen LogP contribution in [0.2, 0.25) is 0 Å². The first-order valence-corrected chi connectivity index (χ1v) is 11.1. The van der Waals surface area contributed by atoms with Gasteiger partial charge in [0.25, 0.3) is 5.91 Å². The summed E-state index contributed by atoms with van der Waals surface area (Å²) in [7, 11) is -3.68. The summed E-state index contributed by atoms with van der Waals surface area (Å²) in [6, 6.07) is 8.25. The Labute approximate surface area is 161 Å². The third kappa shape index (κ3) is 4.67. The van der Waals surface area contributed by atoms with Crippen LogP contribution in [-0.2, 0) is 14.8 Å². The molecular formula is C19H27N4O3S+. The summed E-state index contributed by atoms with van der Waals surface area (Å²) in [6.07, 6.45) is 4.53. The smallest absolute Gasteiger partial charge is 0.277 e. The molecule has 0 unspecified atom stereocenters. The Morgan fingerprint density at radius 1 is 1.04 bits per heavy atom. The van der Waals surface area contributed by atoms with Crippen LogP contribution >= 0.6 is 0 Å². The van der Waals surface area contributed by atoms with Crippen LogP contribution in [0.25, 0.3) is 0 Å². The van der Waals surface area contributed by atoms with Gasteiger partial charge in [0, 0.05) is 13.1 Å². The average Bonchev–Trinajstić information content (AvgIpc) is 2.98. The summed E-state index contributed by atoms with van der Waals surface area (Å²) in [6.45, 7) is 4.06. The molecule has 1 aromatic carbocycles. The molecule has 2 saturated heterocycles. The number of sulfonamides is 1. The van der Waals surface area contributed by atoms with Crippen molar-refractivity contribution in [3.8, 4) is 6.07 Å². The van der Waals surface area contributed by atoms with Gasteiger partial charge in [-0.15, -0.1) is 0 Å². The predicted molar refractivity (Wildman–Crippen MR) is 101 cm³/mol. The molecule has 2 heterocycles. The number of nitrogens with one attached hydrogen (secondary N) is 1. The van der Waals surface area contributed by atoms with Crippen molar-refractivity contribution in [2.45, 2.75) is 30.6 Å². The molecule has 1 aromatic rings. The summed E-state index contributed by atoms with van der Waals surface area (Å²) in [5.41, 5.74) is 0.170. The van der Waals surface area contributed by atoms with Crippen molar-refractivity contribution >= 4 is 15.9 Å². The number of carbonyl (C=O) groups is 1. The number of likely N-dealkylation sites (tertiary alicyclic amines) is 1. The quantitative estimate of drug-likeness (QED) is 0.774. The molecule has 27 heavy (non-hydrogen) atoms. The van der Waals surface area contributed by atoms with E-state index in [1.807, 2.05) is 11.0 Å². The minimum Gasteiger partial charge on any atom is -0.338 e. The van der Waals surface area contributed by atoms with E-state index in [1.54, 1.807) is 12.1 Å². The molecule has 2 aliphatic rings. The van der Waals surface area contributed by atoms with Crippen molar-refractivity contribution in [3.05, 3.63) is 29.8 Å². The molecule has 1 amide bonds. The lowest BCUT2D eigenvalue weighted by molar-refractivity contribution is -0.896. The first-order chi connectivity index (χ1) is 13.0. The van der Waals surface area contributed by atoms with Crippen molar-refractivity contribution in [1.82, 2.24) is 9.21 Å². The fourth-order valence-electron chi connectivity index (χ4n) is 3.79. The van der Waals surface area contributed by atoms with Crippen LogP contribution in [0.1, 0.15) is 31.2 Å². The number of nitrogens with zero attached hydrogens (tertiary/aromatic N) is 3. The van der Waals surface area contributed by atoms with E-state index in [-0.39, 0.29) is 16.4 Å². The number of hydrogen-bond donors (Lipinski definition) is 1. The number of benzene rings is 1. The van der Waals surface area contributed by atoms with Crippen LogP contribution in [0.5, 0.6) is 0 Å². The molecular weight excluding hydrogens is 364 g/mol. The summed E-state index contributed by atoms with van der Waals surface area (Å²) in [4.78, 5) is 15.7. The Morgan fingerprint density at radius 2 is 1.67 bits per heavy atom. The van der Waals surface area contributed by atoms with E-state index in [4.69, 9.17) is 0 Å². The minimum atomic E-state index is -3.68. The van der Waals surface area contributed by atoms with E-state index < -0.39 is 10.0 Å². The highest BCUT2D eigenvalue weighted by Gasteiger charge is 2.33. The second-order valence-electron chi connectivity index (χ2n) is 7.23. The Morgan fingerprint density at radius 3 is 2.30 bits per heavy atom. The lowest BCUT2D eigenvalue weighted by Gasteiger charge is -2.32. The molecule has 0 aromatic heterocycles. The van der Waals surface area contributed by atoms with Crippen molar-refractivity contribution in [3.63, 3.8) is 0 Å². The van der Waals surface area contributed by atoms with Gasteiger partial charge in [0.1, 0.15) is 6.07 Å². The van der Waals surface area contributed by atoms with E-state index in [2.05, 4.69) is 0 Å². The maximum absolute atomic E-state index is 12.9. The van der Waals surface area contributed by atoms with E-state index in [0.29, 0.717) is 32.7 Å². The molecule has 146 valence electrons. The second-order valence-corrected chi connectivity index (χ2v) is 9.14. The topological polar surface area (TPSA) is 85.9 Å². The van der Waals surface area contributed by atoms with Gasteiger partial charge in [-0.3, -0.25) is 4.79 Å². The standard InChI is InChI=1S/C19H26N4O3S/c20-15-17-7-3-4-8-18(17)27(25,26)23-13-11-21(12-14-23)16-19(24)22-9-5-1-2-6-10-22/h3-4,7-8H,1-2,5-6,9-14,16H2/p+1. The van der Waals surface area contributed by atoms with Gasteiger partial charge in [-0.1, -0.05) is 25.0 Å². The summed E-state index contributed by atoms with van der Waals surface area (Å²) >= 11 is 0. The van der Waals surface area contributed by atoms with Gasteiger partial charge < -0.3 is 9.80 Å². The third-order valence-electron chi connectivity index (χ3n) is 5.41.